The lowest BCUT2D eigenvalue weighted by Crippen LogP contribution is -2.50. The van der Waals surface area contributed by atoms with Crippen molar-refractivity contribution in [2.45, 2.75) is 13.1 Å². The molecular formula is C18H14BrN5O3S. The van der Waals surface area contributed by atoms with Crippen molar-refractivity contribution in [1.29, 1.82) is 0 Å². The van der Waals surface area contributed by atoms with Gasteiger partial charge in [-0.2, -0.15) is 0 Å². The molecule has 0 radical (unpaired) electrons. The van der Waals surface area contributed by atoms with Crippen molar-refractivity contribution in [2.24, 2.45) is 10.1 Å². The highest BCUT2D eigenvalue weighted by Crippen LogP contribution is 2.31. The molecule has 0 aromatic heterocycles. The summed E-state index contributed by atoms with van der Waals surface area (Å²) in [7, 11) is 0. The van der Waals surface area contributed by atoms with Crippen molar-refractivity contribution < 1.29 is 9.72 Å². The van der Waals surface area contributed by atoms with Crippen molar-refractivity contribution in [2.75, 3.05) is 5.75 Å². The van der Waals surface area contributed by atoms with Gasteiger partial charge in [0.05, 0.1) is 10.3 Å². The van der Waals surface area contributed by atoms with Gasteiger partial charge in [-0.15, -0.1) is 5.10 Å². The minimum Gasteiger partial charge on any atom is -0.298 e. The topological polar surface area (TPSA) is 100 Å². The lowest BCUT2D eigenvalue weighted by atomic mass is 10.1. The molecule has 0 spiro atoms. The van der Waals surface area contributed by atoms with E-state index in [9.17, 15) is 14.9 Å². The number of benzene rings is 2. The number of hydrogen-bond acceptors (Lipinski definition) is 7. The molecule has 0 aliphatic carbocycles. The van der Waals surface area contributed by atoms with E-state index in [1.54, 1.807) is 17.1 Å². The third-order valence-corrected chi connectivity index (χ3v) is 5.49. The molecule has 0 unspecified atom stereocenters. The van der Waals surface area contributed by atoms with Crippen LogP contribution in [0.5, 0.6) is 0 Å². The molecule has 142 valence electrons. The Balaban J connectivity index is 1.91. The van der Waals surface area contributed by atoms with E-state index in [2.05, 4.69) is 26.3 Å². The van der Waals surface area contributed by atoms with Gasteiger partial charge in [0, 0.05) is 21.8 Å². The van der Waals surface area contributed by atoms with E-state index in [4.69, 9.17) is 4.99 Å². The zero-order valence-corrected chi connectivity index (χ0v) is 17.0. The van der Waals surface area contributed by atoms with Crippen molar-refractivity contribution >= 4 is 50.2 Å². The molecular weight excluding hydrogens is 446 g/mol. The number of fused-ring (bicyclic) bond motifs is 2. The van der Waals surface area contributed by atoms with Crippen LogP contribution in [0.25, 0.3) is 5.70 Å². The second kappa shape index (κ2) is 7.36. The van der Waals surface area contributed by atoms with Gasteiger partial charge in [-0.05, 0) is 41.6 Å². The number of halogens is 1. The molecule has 4 rings (SSSR count). The normalized spacial score (nSPS) is 17.9. The van der Waals surface area contributed by atoms with Crippen LogP contribution in [0, 0.1) is 10.1 Å². The van der Waals surface area contributed by atoms with Crippen molar-refractivity contribution in [3.8, 4) is 0 Å². The molecule has 1 atom stereocenters. The van der Waals surface area contributed by atoms with Crippen LogP contribution in [-0.2, 0) is 4.79 Å². The summed E-state index contributed by atoms with van der Waals surface area (Å²) in [5.74, 6) is 0.496. The lowest BCUT2D eigenvalue weighted by Gasteiger charge is -2.34. The maximum Gasteiger partial charge on any atom is 0.276 e. The Labute approximate surface area is 172 Å². The van der Waals surface area contributed by atoms with Crippen molar-refractivity contribution in [3.63, 3.8) is 0 Å². The van der Waals surface area contributed by atoms with Gasteiger partial charge in [-0.25, -0.2) is 5.01 Å². The summed E-state index contributed by atoms with van der Waals surface area (Å²) < 4.78 is 0.827. The third-order valence-electron chi connectivity index (χ3n) is 4.25. The first-order valence-electron chi connectivity index (χ1n) is 8.42. The fraction of sp³-hybridized carbons (Fsp3) is 0.167. The van der Waals surface area contributed by atoms with Gasteiger partial charge in [0.25, 0.3) is 11.6 Å². The largest absolute Gasteiger partial charge is 0.298 e. The molecule has 1 amide bonds. The minimum atomic E-state index is -0.594. The molecule has 28 heavy (non-hydrogen) atoms. The lowest BCUT2D eigenvalue weighted by molar-refractivity contribution is -0.384. The predicted octanol–water partition coefficient (Wildman–Crippen LogP) is 2.25. The molecule has 1 N–H and O–H groups in total. The SMILES string of the molecule is CCSC1=NN2C(=c3cc(Br)ccc3=N[C@@H]2c2ccc([N+](=O)[O-])cc2)C(=O)N1. The Morgan fingerprint density at radius 2 is 2.04 bits per heavy atom. The van der Waals surface area contributed by atoms with Gasteiger partial charge in [0.15, 0.2) is 11.3 Å². The first kappa shape index (κ1) is 18.6. The van der Waals surface area contributed by atoms with Crippen LogP contribution in [0.3, 0.4) is 0 Å². The maximum absolute atomic E-state index is 12.9. The van der Waals surface area contributed by atoms with Gasteiger partial charge in [-0.1, -0.05) is 34.6 Å². The molecule has 2 aliphatic rings. The fourth-order valence-electron chi connectivity index (χ4n) is 3.04. The van der Waals surface area contributed by atoms with Crippen LogP contribution in [0.1, 0.15) is 18.7 Å². The number of nitro benzene ring substituents is 1. The van der Waals surface area contributed by atoms with E-state index in [1.165, 1.54) is 23.9 Å². The Morgan fingerprint density at radius 3 is 2.71 bits per heavy atom. The van der Waals surface area contributed by atoms with Crippen LogP contribution >= 0.6 is 27.7 Å². The number of thioether (sulfide) groups is 1. The second-order valence-electron chi connectivity index (χ2n) is 6.00. The number of carbonyl (C=O) groups excluding carboxylic acids is 1. The Bertz CT molecular complexity index is 1130. The predicted molar refractivity (Wildman–Crippen MR) is 110 cm³/mol. The van der Waals surface area contributed by atoms with E-state index in [-0.39, 0.29) is 11.6 Å². The number of nitrogens with zero attached hydrogens (tertiary/aromatic N) is 4. The number of hydrogen-bond donors (Lipinski definition) is 1. The number of rotatable bonds is 3. The minimum absolute atomic E-state index is 0.00444. The summed E-state index contributed by atoms with van der Waals surface area (Å²) >= 11 is 4.86. The summed E-state index contributed by atoms with van der Waals surface area (Å²) in [6, 6.07) is 11.7. The highest BCUT2D eigenvalue weighted by molar-refractivity contribution is 9.10. The summed E-state index contributed by atoms with van der Waals surface area (Å²) in [5, 5.41) is 21.8. The van der Waals surface area contributed by atoms with Gasteiger partial charge in [-0.3, -0.25) is 25.2 Å². The van der Waals surface area contributed by atoms with E-state index >= 15 is 0 Å². The second-order valence-corrected chi connectivity index (χ2v) is 8.17. The molecule has 10 heteroatoms. The average molecular weight is 460 g/mol. The number of nitro groups is 1. The van der Waals surface area contributed by atoms with Gasteiger partial charge >= 0.3 is 0 Å². The molecule has 2 aromatic carbocycles. The Kier molecular flexibility index (Phi) is 4.90. The quantitative estimate of drug-likeness (QED) is 0.560. The van der Waals surface area contributed by atoms with Gasteiger partial charge in [0.2, 0.25) is 0 Å². The molecule has 0 saturated heterocycles. The maximum atomic E-state index is 12.9. The first-order chi connectivity index (χ1) is 13.5. The van der Waals surface area contributed by atoms with Crippen LogP contribution in [-0.4, -0.2) is 26.8 Å². The summed E-state index contributed by atoms with van der Waals surface area (Å²) in [5.41, 5.74) is 1.10. The van der Waals surface area contributed by atoms with E-state index in [1.807, 2.05) is 25.1 Å². The summed E-state index contributed by atoms with van der Waals surface area (Å²) in [4.78, 5) is 28.1. The molecule has 8 nitrogen and oxygen atoms in total. The molecule has 2 heterocycles. The number of hydrazone groups is 1. The van der Waals surface area contributed by atoms with Crippen molar-refractivity contribution in [1.82, 2.24) is 10.3 Å². The van der Waals surface area contributed by atoms with Crippen molar-refractivity contribution in [3.05, 3.63) is 73.2 Å². The highest BCUT2D eigenvalue weighted by atomic mass is 79.9. The fourth-order valence-corrected chi connectivity index (χ4v) is 3.98. The number of non-ortho nitro benzene ring substituents is 1. The number of nitrogens with one attached hydrogen (secondary N) is 1. The van der Waals surface area contributed by atoms with E-state index < -0.39 is 11.1 Å². The Morgan fingerprint density at radius 1 is 1.29 bits per heavy atom. The molecule has 0 saturated carbocycles. The van der Waals surface area contributed by atoms with E-state index in [0.717, 1.165) is 10.2 Å². The summed E-state index contributed by atoms with van der Waals surface area (Å²) in [6.07, 6.45) is -0.594. The standard InChI is InChI=1S/C18H14BrN5O3S/c1-2-28-18-21-17(25)15-13-9-11(19)5-8-14(13)20-16(23(15)22-18)10-3-6-12(7-4-10)24(26)27/h3-9,16H,2H2,1H3,(H,21,22,25)/t16-/m0/s1. The van der Waals surface area contributed by atoms with Crippen LogP contribution in [0.4, 0.5) is 5.69 Å². The molecule has 2 aromatic rings. The highest BCUT2D eigenvalue weighted by Gasteiger charge is 2.34. The van der Waals surface area contributed by atoms with Gasteiger partial charge in [0.1, 0.15) is 5.70 Å². The Hall–Kier alpha value is -2.72. The van der Waals surface area contributed by atoms with E-state index in [0.29, 0.717) is 27.0 Å². The van der Waals surface area contributed by atoms with Crippen LogP contribution in [0.15, 0.2) is 57.0 Å². The monoisotopic (exact) mass is 459 g/mol. The molecule has 0 fully saturated rings. The van der Waals surface area contributed by atoms with Crippen LogP contribution in [0.2, 0.25) is 0 Å². The number of carbonyl (C=O) groups is 1. The molecule has 0 bridgehead atoms. The van der Waals surface area contributed by atoms with Crippen LogP contribution < -0.4 is 15.9 Å². The number of amidine groups is 1. The first-order valence-corrected chi connectivity index (χ1v) is 10.2. The zero-order chi connectivity index (χ0) is 19.8. The number of amides is 1. The zero-order valence-electron chi connectivity index (χ0n) is 14.6. The van der Waals surface area contributed by atoms with Gasteiger partial charge < -0.3 is 0 Å². The average Bonchev–Trinajstić information content (AvgIpc) is 2.67. The summed E-state index contributed by atoms with van der Waals surface area (Å²) in [6.45, 7) is 1.97. The third kappa shape index (κ3) is 3.29. The smallest absolute Gasteiger partial charge is 0.276 e. The molecule has 2 aliphatic heterocycles.